The maximum Gasteiger partial charge on any atom is 0.380 e. The van der Waals surface area contributed by atoms with Crippen molar-refractivity contribution < 1.29 is 28.7 Å². The Morgan fingerprint density at radius 3 is 2.39 bits per heavy atom. The van der Waals surface area contributed by atoms with Gasteiger partial charge in [0.05, 0.1) is 23.4 Å². The first-order valence-corrected chi connectivity index (χ1v) is 10.7. The molecule has 0 spiro atoms. The minimum absolute atomic E-state index is 0.161. The van der Waals surface area contributed by atoms with E-state index < -0.39 is 30.2 Å². The van der Waals surface area contributed by atoms with Gasteiger partial charge in [-0.2, -0.15) is 5.10 Å². The van der Waals surface area contributed by atoms with E-state index in [-0.39, 0.29) is 12.2 Å². The number of nitrogens with one attached hydrogen (secondary N) is 1. The van der Waals surface area contributed by atoms with Gasteiger partial charge in [-0.25, -0.2) is 9.59 Å². The van der Waals surface area contributed by atoms with Gasteiger partial charge in [-0.15, -0.1) is 11.3 Å². The number of thiophene rings is 1. The van der Waals surface area contributed by atoms with Gasteiger partial charge in [0.15, 0.2) is 6.61 Å². The summed E-state index contributed by atoms with van der Waals surface area (Å²) in [7, 11) is 1.66. The molecule has 168 valence electrons. The highest BCUT2D eigenvalue weighted by Gasteiger charge is 2.27. The number of amides is 1. The SMILES string of the molecule is CCOC(=O)c1c(CC(C)C)csc1NC(=O)COC(=O)C(=O)c1c(C)nn(C)c1C. The minimum atomic E-state index is -1.15. The van der Waals surface area contributed by atoms with Gasteiger partial charge in [0, 0.05) is 12.7 Å². The van der Waals surface area contributed by atoms with Gasteiger partial charge in [0.1, 0.15) is 5.00 Å². The lowest BCUT2D eigenvalue weighted by Gasteiger charge is -2.10. The fourth-order valence-electron chi connectivity index (χ4n) is 3.07. The quantitative estimate of drug-likeness (QED) is 0.355. The number of nitrogens with zero attached hydrogens (tertiary/aromatic N) is 2. The molecule has 2 heterocycles. The zero-order valence-electron chi connectivity index (χ0n) is 18.5. The van der Waals surface area contributed by atoms with E-state index in [2.05, 4.69) is 10.4 Å². The third-order valence-electron chi connectivity index (χ3n) is 4.48. The molecule has 0 saturated carbocycles. The highest BCUT2D eigenvalue weighted by molar-refractivity contribution is 7.15. The molecule has 0 unspecified atom stereocenters. The number of ketones is 1. The topological polar surface area (TPSA) is 117 Å². The van der Waals surface area contributed by atoms with Crippen molar-refractivity contribution in [1.29, 1.82) is 0 Å². The van der Waals surface area contributed by atoms with Gasteiger partial charge in [0.2, 0.25) is 0 Å². The second kappa shape index (κ2) is 10.3. The van der Waals surface area contributed by atoms with Gasteiger partial charge in [-0.05, 0) is 44.1 Å². The Morgan fingerprint density at radius 1 is 1.16 bits per heavy atom. The summed E-state index contributed by atoms with van der Waals surface area (Å²) in [5.41, 5.74) is 2.18. The average Bonchev–Trinajstić information content (AvgIpc) is 3.18. The largest absolute Gasteiger partial charge is 0.462 e. The summed E-state index contributed by atoms with van der Waals surface area (Å²) in [5.74, 6) is -2.89. The van der Waals surface area contributed by atoms with Crippen LogP contribution in [0.25, 0.3) is 0 Å². The van der Waals surface area contributed by atoms with Crippen LogP contribution in [0.4, 0.5) is 5.00 Å². The van der Waals surface area contributed by atoms with Crippen LogP contribution in [0.15, 0.2) is 5.38 Å². The molecular formula is C21H27N3O6S. The Morgan fingerprint density at radius 2 is 1.84 bits per heavy atom. The van der Waals surface area contributed by atoms with Crippen LogP contribution in [0.2, 0.25) is 0 Å². The summed E-state index contributed by atoms with van der Waals surface area (Å²) in [4.78, 5) is 49.2. The zero-order chi connectivity index (χ0) is 23.3. The molecule has 0 bridgehead atoms. The number of esters is 2. The van der Waals surface area contributed by atoms with Crippen molar-refractivity contribution in [2.45, 2.75) is 41.0 Å². The van der Waals surface area contributed by atoms with E-state index in [0.29, 0.717) is 34.3 Å². The summed E-state index contributed by atoms with van der Waals surface area (Å²) in [5, 5.41) is 8.79. The van der Waals surface area contributed by atoms with Crippen LogP contribution in [-0.2, 0) is 32.5 Å². The summed E-state index contributed by atoms with van der Waals surface area (Å²) in [6, 6.07) is 0. The lowest BCUT2D eigenvalue weighted by molar-refractivity contribution is -0.142. The third kappa shape index (κ3) is 5.78. The number of ether oxygens (including phenoxy) is 2. The van der Waals surface area contributed by atoms with Crippen LogP contribution in [0.3, 0.4) is 0 Å². The molecule has 0 radical (unpaired) electrons. The number of hydrogen-bond donors (Lipinski definition) is 1. The third-order valence-corrected chi connectivity index (χ3v) is 5.43. The normalized spacial score (nSPS) is 10.8. The van der Waals surface area contributed by atoms with E-state index in [1.54, 1.807) is 33.2 Å². The predicted octanol–water partition coefficient (Wildman–Crippen LogP) is 2.84. The molecule has 10 heteroatoms. The monoisotopic (exact) mass is 449 g/mol. The summed E-state index contributed by atoms with van der Waals surface area (Å²) < 4.78 is 11.5. The molecule has 0 fully saturated rings. The Hall–Kier alpha value is -3.01. The highest BCUT2D eigenvalue weighted by atomic mass is 32.1. The number of carbonyl (C=O) groups is 4. The molecule has 2 aromatic rings. The number of hydrogen-bond acceptors (Lipinski definition) is 8. The lowest BCUT2D eigenvalue weighted by atomic mass is 10.0. The van der Waals surface area contributed by atoms with Crippen molar-refractivity contribution in [3.63, 3.8) is 0 Å². The second-order valence-corrected chi connectivity index (χ2v) is 8.29. The standard InChI is InChI=1S/C21H27N3O6S/c1-7-29-20(27)17-14(8-11(2)3)10-31-19(17)22-15(25)9-30-21(28)18(26)16-12(4)23-24(6)13(16)5/h10-11H,7-9H2,1-6H3,(H,22,25). The molecule has 0 atom stereocenters. The molecule has 2 rings (SSSR count). The van der Waals surface area contributed by atoms with Crippen molar-refractivity contribution in [3.8, 4) is 0 Å². The fraction of sp³-hybridized carbons (Fsp3) is 0.476. The maximum absolute atomic E-state index is 12.4. The summed E-state index contributed by atoms with van der Waals surface area (Å²) in [6.45, 7) is 8.56. The molecule has 0 aliphatic heterocycles. The number of anilines is 1. The van der Waals surface area contributed by atoms with Gasteiger partial charge in [-0.1, -0.05) is 13.8 Å². The van der Waals surface area contributed by atoms with Gasteiger partial charge >= 0.3 is 11.9 Å². The van der Waals surface area contributed by atoms with Crippen LogP contribution >= 0.6 is 11.3 Å². The molecule has 0 aliphatic carbocycles. The number of Topliss-reactive ketones (excluding diaryl/α,β-unsaturated/α-hetero) is 1. The molecule has 9 nitrogen and oxygen atoms in total. The Balaban J connectivity index is 2.07. The smallest absolute Gasteiger partial charge is 0.380 e. The first-order chi connectivity index (χ1) is 14.6. The van der Waals surface area contributed by atoms with Crippen molar-refractivity contribution in [1.82, 2.24) is 9.78 Å². The average molecular weight is 450 g/mol. The van der Waals surface area contributed by atoms with Crippen LogP contribution in [0.5, 0.6) is 0 Å². The summed E-state index contributed by atoms with van der Waals surface area (Å²) in [6.07, 6.45) is 0.647. The van der Waals surface area contributed by atoms with Gasteiger partial charge in [-0.3, -0.25) is 14.3 Å². The zero-order valence-corrected chi connectivity index (χ0v) is 19.3. The first-order valence-electron chi connectivity index (χ1n) is 9.85. The van der Waals surface area contributed by atoms with Crippen molar-refractivity contribution in [2.75, 3.05) is 18.5 Å². The molecule has 0 aliphatic rings. The number of aromatic nitrogens is 2. The Labute approximate surface area is 184 Å². The number of rotatable bonds is 9. The molecule has 1 amide bonds. The van der Waals surface area contributed by atoms with Crippen molar-refractivity contribution in [3.05, 3.63) is 33.5 Å². The van der Waals surface area contributed by atoms with Crippen molar-refractivity contribution in [2.24, 2.45) is 13.0 Å². The molecule has 0 aromatic carbocycles. The van der Waals surface area contributed by atoms with Crippen LogP contribution < -0.4 is 5.32 Å². The van der Waals surface area contributed by atoms with Gasteiger partial charge < -0.3 is 14.8 Å². The number of carbonyl (C=O) groups excluding carboxylic acids is 4. The molecule has 31 heavy (non-hydrogen) atoms. The Kier molecular flexibility index (Phi) is 8.09. The fourth-order valence-corrected chi connectivity index (χ4v) is 4.05. The maximum atomic E-state index is 12.4. The van der Waals surface area contributed by atoms with Crippen LogP contribution in [0.1, 0.15) is 58.4 Å². The Bertz CT molecular complexity index is 1010. The lowest BCUT2D eigenvalue weighted by Crippen LogP contribution is -2.26. The van der Waals surface area contributed by atoms with Crippen LogP contribution in [0, 0.1) is 19.8 Å². The predicted molar refractivity (Wildman–Crippen MR) is 115 cm³/mol. The molecule has 2 aromatic heterocycles. The molecule has 0 saturated heterocycles. The van der Waals surface area contributed by atoms with Gasteiger partial charge in [0.25, 0.3) is 11.7 Å². The van der Waals surface area contributed by atoms with E-state index in [0.717, 1.165) is 5.56 Å². The molecular weight excluding hydrogens is 422 g/mol. The first kappa shape index (κ1) is 24.3. The van der Waals surface area contributed by atoms with E-state index in [1.807, 2.05) is 13.8 Å². The summed E-state index contributed by atoms with van der Waals surface area (Å²) >= 11 is 1.19. The highest BCUT2D eigenvalue weighted by Crippen LogP contribution is 2.31. The van der Waals surface area contributed by atoms with Crippen LogP contribution in [-0.4, -0.2) is 46.6 Å². The molecule has 1 N–H and O–H groups in total. The van der Waals surface area contributed by atoms with E-state index in [9.17, 15) is 19.2 Å². The van der Waals surface area contributed by atoms with Crippen molar-refractivity contribution >= 4 is 40.0 Å². The number of aryl methyl sites for hydroxylation is 2. The second-order valence-electron chi connectivity index (χ2n) is 7.41. The van der Waals surface area contributed by atoms with E-state index in [1.165, 1.54) is 16.0 Å². The van der Waals surface area contributed by atoms with E-state index >= 15 is 0 Å². The minimum Gasteiger partial charge on any atom is -0.462 e. The van der Waals surface area contributed by atoms with E-state index in [4.69, 9.17) is 9.47 Å².